The van der Waals surface area contributed by atoms with Crippen LogP contribution in [0.15, 0.2) is 48.5 Å². The van der Waals surface area contributed by atoms with E-state index in [1.807, 2.05) is 32.0 Å². The van der Waals surface area contributed by atoms with Crippen molar-refractivity contribution in [3.05, 3.63) is 71.0 Å². The third-order valence-corrected chi connectivity index (χ3v) is 4.99. The molecule has 0 aromatic heterocycles. The molecular formula is C21H23FN2O2. The number of carbonyl (C=O) groups excluding carboxylic acids is 2. The fourth-order valence-electron chi connectivity index (χ4n) is 3.37. The smallest absolute Gasteiger partial charge is 0.255 e. The van der Waals surface area contributed by atoms with Gasteiger partial charge in [0.25, 0.3) is 5.91 Å². The van der Waals surface area contributed by atoms with Crippen molar-refractivity contribution in [1.82, 2.24) is 10.2 Å². The number of nitrogens with zero attached hydrogens (tertiary/aromatic N) is 1. The van der Waals surface area contributed by atoms with E-state index in [9.17, 15) is 14.0 Å². The maximum absolute atomic E-state index is 13.3. The lowest BCUT2D eigenvalue weighted by atomic mass is 9.96. The van der Waals surface area contributed by atoms with E-state index in [0.717, 1.165) is 12.0 Å². The minimum Gasteiger partial charge on any atom is -0.350 e. The van der Waals surface area contributed by atoms with Crippen LogP contribution in [0.2, 0.25) is 0 Å². The lowest BCUT2D eigenvalue weighted by Crippen LogP contribution is -2.50. The van der Waals surface area contributed by atoms with Crippen LogP contribution in [-0.2, 0) is 17.9 Å². The highest BCUT2D eigenvalue weighted by atomic mass is 19.1. The van der Waals surface area contributed by atoms with E-state index in [0.29, 0.717) is 17.7 Å². The molecular weight excluding hydrogens is 331 g/mol. The molecule has 0 fully saturated rings. The highest BCUT2D eigenvalue weighted by Gasteiger charge is 2.38. The van der Waals surface area contributed by atoms with Gasteiger partial charge in [0.05, 0.1) is 0 Å². The van der Waals surface area contributed by atoms with Gasteiger partial charge >= 0.3 is 0 Å². The van der Waals surface area contributed by atoms with Gasteiger partial charge in [-0.15, -0.1) is 0 Å². The zero-order valence-electron chi connectivity index (χ0n) is 15.0. The zero-order chi connectivity index (χ0) is 18.7. The number of hydrogen-bond acceptors (Lipinski definition) is 2. The van der Waals surface area contributed by atoms with Crippen LogP contribution >= 0.6 is 0 Å². The van der Waals surface area contributed by atoms with Gasteiger partial charge in [-0.25, -0.2) is 4.39 Å². The number of carbonyl (C=O) groups is 2. The Hall–Kier alpha value is -2.69. The summed E-state index contributed by atoms with van der Waals surface area (Å²) in [5.74, 6) is -0.627. The predicted molar refractivity (Wildman–Crippen MR) is 97.8 cm³/mol. The Labute approximate surface area is 153 Å². The van der Waals surface area contributed by atoms with E-state index in [1.54, 1.807) is 23.1 Å². The first-order chi connectivity index (χ1) is 12.5. The third-order valence-electron chi connectivity index (χ3n) is 4.99. The summed E-state index contributed by atoms with van der Waals surface area (Å²) in [5.41, 5.74) is 2.31. The molecule has 0 saturated heterocycles. The van der Waals surface area contributed by atoms with Gasteiger partial charge in [0.1, 0.15) is 11.9 Å². The molecule has 1 aliphatic rings. The molecule has 3 rings (SSSR count). The molecule has 0 aliphatic carbocycles. The summed E-state index contributed by atoms with van der Waals surface area (Å²) in [4.78, 5) is 27.3. The second-order valence-electron chi connectivity index (χ2n) is 6.77. The monoisotopic (exact) mass is 354 g/mol. The average Bonchev–Trinajstić information content (AvgIpc) is 2.97. The van der Waals surface area contributed by atoms with Crippen molar-refractivity contribution in [2.24, 2.45) is 5.92 Å². The summed E-state index contributed by atoms with van der Waals surface area (Å²) in [5, 5.41) is 2.87. The Bertz CT molecular complexity index is 821. The lowest BCUT2D eigenvalue weighted by Gasteiger charge is -2.31. The van der Waals surface area contributed by atoms with Crippen LogP contribution in [0, 0.1) is 11.7 Å². The maximum Gasteiger partial charge on any atom is 0.255 e. The first kappa shape index (κ1) is 18.1. The van der Waals surface area contributed by atoms with Crippen molar-refractivity contribution in [3.8, 4) is 0 Å². The van der Waals surface area contributed by atoms with Gasteiger partial charge in [0.2, 0.25) is 5.91 Å². The number of hydrogen-bond donors (Lipinski definition) is 1. The minimum atomic E-state index is -0.548. The molecule has 2 aromatic rings. The second kappa shape index (κ2) is 7.68. The average molecular weight is 354 g/mol. The van der Waals surface area contributed by atoms with Crippen molar-refractivity contribution in [3.63, 3.8) is 0 Å². The van der Waals surface area contributed by atoms with E-state index in [4.69, 9.17) is 0 Å². The summed E-state index contributed by atoms with van der Waals surface area (Å²) in [6.07, 6.45) is 0.776. The van der Waals surface area contributed by atoms with Gasteiger partial charge in [0.15, 0.2) is 0 Å². The quantitative estimate of drug-likeness (QED) is 0.863. The molecule has 26 heavy (non-hydrogen) atoms. The number of benzene rings is 2. The number of nitrogens with one attached hydrogen (secondary N) is 1. The first-order valence-electron chi connectivity index (χ1n) is 8.92. The molecule has 0 spiro atoms. The Balaban J connectivity index is 1.76. The van der Waals surface area contributed by atoms with Crippen molar-refractivity contribution < 1.29 is 14.0 Å². The molecule has 0 bridgehead atoms. The predicted octanol–water partition coefficient (Wildman–Crippen LogP) is 3.51. The molecule has 1 heterocycles. The van der Waals surface area contributed by atoms with Crippen molar-refractivity contribution in [2.75, 3.05) is 0 Å². The Kier molecular flexibility index (Phi) is 5.35. The highest BCUT2D eigenvalue weighted by molar-refractivity contribution is 6.01. The molecule has 2 amide bonds. The number of rotatable bonds is 6. The molecule has 0 radical (unpaired) electrons. The van der Waals surface area contributed by atoms with Crippen LogP contribution in [0.4, 0.5) is 4.39 Å². The highest BCUT2D eigenvalue weighted by Crippen LogP contribution is 2.28. The fraction of sp³-hybridized carbons (Fsp3) is 0.333. The normalized spacial score (nSPS) is 15.5. The third kappa shape index (κ3) is 3.62. The molecule has 2 unspecified atom stereocenters. The van der Waals surface area contributed by atoms with Gasteiger partial charge in [0, 0.05) is 18.7 Å². The number of halogens is 1. The Morgan fingerprint density at radius 3 is 2.69 bits per heavy atom. The van der Waals surface area contributed by atoms with Gasteiger partial charge in [-0.1, -0.05) is 50.6 Å². The van der Waals surface area contributed by atoms with Crippen LogP contribution < -0.4 is 5.32 Å². The molecule has 136 valence electrons. The summed E-state index contributed by atoms with van der Waals surface area (Å²) < 4.78 is 13.3. The van der Waals surface area contributed by atoms with Crippen LogP contribution in [0.1, 0.15) is 41.8 Å². The van der Waals surface area contributed by atoms with E-state index < -0.39 is 6.04 Å². The molecule has 4 nitrogen and oxygen atoms in total. The Morgan fingerprint density at radius 1 is 1.23 bits per heavy atom. The van der Waals surface area contributed by atoms with Crippen LogP contribution in [-0.4, -0.2) is 22.8 Å². The summed E-state index contributed by atoms with van der Waals surface area (Å²) in [7, 11) is 0. The summed E-state index contributed by atoms with van der Waals surface area (Å²) in [6.45, 7) is 4.66. The van der Waals surface area contributed by atoms with Crippen molar-refractivity contribution >= 4 is 11.8 Å². The SMILES string of the molecule is CCC(C)C(C(=O)NCc1cccc(F)c1)N1Cc2ccccc2C1=O. The maximum atomic E-state index is 13.3. The molecule has 1 N–H and O–H groups in total. The molecule has 2 atom stereocenters. The van der Waals surface area contributed by atoms with Gasteiger partial charge in [-0.2, -0.15) is 0 Å². The van der Waals surface area contributed by atoms with Crippen molar-refractivity contribution in [1.29, 1.82) is 0 Å². The van der Waals surface area contributed by atoms with Crippen molar-refractivity contribution in [2.45, 2.75) is 39.4 Å². The molecule has 1 aliphatic heterocycles. The zero-order valence-corrected chi connectivity index (χ0v) is 15.0. The second-order valence-corrected chi connectivity index (χ2v) is 6.77. The van der Waals surface area contributed by atoms with Crippen LogP contribution in [0.3, 0.4) is 0 Å². The van der Waals surface area contributed by atoms with E-state index in [1.165, 1.54) is 12.1 Å². The van der Waals surface area contributed by atoms with Gasteiger partial charge in [-0.05, 0) is 35.2 Å². The topological polar surface area (TPSA) is 49.4 Å². The van der Waals surface area contributed by atoms with E-state index in [2.05, 4.69) is 5.32 Å². The molecule has 5 heteroatoms. The summed E-state index contributed by atoms with van der Waals surface area (Å²) >= 11 is 0. The minimum absolute atomic E-state index is 0.0146. The van der Waals surface area contributed by atoms with Crippen LogP contribution in [0.25, 0.3) is 0 Å². The molecule has 0 saturated carbocycles. The van der Waals surface area contributed by atoms with E-state index >= 15 is 0 Å². The van der Waals surface area contributed by atoms with Gasteiger partial charge in [-0.3, -0.25) is 9.59 Å². The van der Waals surface area contributed by atoms with E-state index in [-0.39, 0.29) is 30.1 Å². The van der Waals surface area contributed by atoms with Crippen LogP contribution in [0.5, 0.6) is 0 Å². The molecule has 2 aromatic carbocycles. The van der Waals surface area contributed by atoms with Gasteiger partial charge < -0.3 is 10.2 Å². The first-order valence-corrected chi connectivity index (χ1v) is 8.92. The summed E-state index contributed by atoms with van der Waals surface area (Å²) in [6, 6.07) is 13.1. The lowest BCUT2D eigenvalue weighted by molar-refractivity contribution is -0.127. The Morgan fingerprint density at radius 2 is 2.00 bits per heavy atom. The standard InChI is InChI=1S/C21H23FN2O2/c1-3-14(2)19(20(25)23-12-15-7-6-9-17(22)11-15)24-13-16-8-4-5-10-18(16)21(24)26/h4-11,14,19H,3,12-13H2,1-2H3,(H,23,25). The fourth-order valence-corrected chi connectivity index (χ4v) is 3.37. The largest absolute Gasteiger partial charge is 0.350 e. The number of amides is 2. The number of fused-ring (bicyclic) bond motifs is 1.